The van der Waals surface area contributed by atoms with Gasteiger partial charge in [-0.05, 0) is 13.8 Å². The van der Waals surface area contributed by atoms with Crippen LogP contribution in [0, 0.1) is 6.92 Å². The van der Waals surface area contributed by atoms with Gasteiger partial charge in [0.25, 0.3) is 5.78 Å². The minimum atomic E-state index is -0.478. The summed E-state index contributed by atoms with van der Waals surface area (Å²) in [5, 5.41) is 6.96. The fourth-order valence-corrected chi connectivity index (χ4v) is 1.33. The molecule has 0 saturated heterocycles. The van der Waals surface area contributed by atoms with E-state index in [1.165, 1.54) is 10.8 Å². The number of nitrogens with one attached hydrogen (secondary N) is 1. The Morgan fingerprint density at radius 1 is 1.62 bits per heavy atom. The van der Waals surface area contributed by atoms with E-state index in [4.69, 9.17) is 5.73 Å². The lowest BCUT2D eigenvalue weighted by Gasteiger charge is -2.12. The van der Waals surface area contributed by atoms with Crippen LogP contribution in [-0.4, -0.2) is 31.5 Å². The van der Waals surface area contributed by atoms with E-state index in [1.54, 1.807) is 13.0 Å². The van der Waals surface area contributed by atoms with Crippen LogP contribution < -0.4 is 11.1 Å². The lowest BCUT2D eigenvalue weighted by atomic mass is 10.3. The van der Waals surface area contributed by atoms with Crippen molar-refractivity contribution in [2.45, 2.75) is 19.9 Å². The number of nitrogens with two attached hydrogens (primary N) is 1. The molecule has 16 heavy (non-hydrogen) atoms. The first-order chi connectivity index (χ1) is 7.58. The van der Waals surface area contributed by atoms with Gasteiger partial charge in [-0.1, -0.05) is 0 Å². The van der Waals surface area contributed by atoms with Crippen molar-refractivity contribution in [3.63, 3.8) is 0 Å². The van der Waals surface area contributed by atoms with Crippen LogP contribution in [0.15, 0.2) is 12.4 Å². The highest BCUT2D eigenvalue weighted by Gasteiger charge is 2.11. The van der Waals surface area contributed by atoms with E-state index in [9.17, 15) is 4.79 Å². The second-order valence-corrected chi connectivity index (χ2v) is 3.52. The molecule has 1 amide bonds. The molecular weight excluding hydrogens is 208 g/mol. The summed E-state index contributed by atoms with van der Waals surface area (Å²) in [5.74, 6) is 0.702. The van der Waals surface area contributed by atoms with E-state index in [0.717, 1.165) is 5.69 Å². The number of hydrogen-bond acceptors (Lipinski definition) is 5. The zero-order valence-electron chi connectivity index (χ0n) is 9.01. The van der Waals surface area contributed by atoms with Crippen LogP contribution >= 0.6 is 0 Å². The predicted molar refractivity (Wildman–Crippen MR) is 57.8 cm³/mol. The molecule has 7 nitrogen and oxygen atoms in total. The summed E-state index contributed by atoms with van der Waals surface area (Å²) in [6, 6.07) is 1.30. The predicted octanol–water partition coefficient (Wildman–Crippen LogP) is -0.282. The Bertz CT molecular complexity index is 534. The van der Waals surface area contributed by atoms with Gasteiger partial charge < -0.3 is 11.1 Å². The average Bonchev–Trinajstić information content (AvgIpc) is 2.65. The maximum absolute atomic E-state index is 11.0. The van der Waals surface area contributed by atoms with E-state index < -0.39 is 11.9 Å². The fraction of sp³-hybridized carbons (Fsp3) is 0.333. The van der Waals surface area contributed by atoms with Crippen LogP contribution in [0.1, 0.15) is 12.6 Å². The Hall–Kier alpha value is -2.18. The van der Waals surface area contributed by atoms with Crippen LogP contribution in [0.25, 0.3) is 5.78 Å². The minimum Gasteiger partial charge on any atom is -0.368 e. The quantitative estimate of drug-likeness (QED) is 0.741. The lowest BCUT2D eigenvalue weighted by Crippen LogP contribution is -2.33. The number of hydrogen-bond donors (Lipinski definition) is 2. The Kier molecular flexibility index (Phi) is 2.43. The van der Waals surface area contributed by atoms with Crippen LogP contribution in [0.4, 0.5) is 5.82 Å². The van der Waals surface area contributed by atoms with Gasteiger partial charge in [0.05, 0.1) is 0 Å². The van der Waals surface area contributed by atoms with Crippen LogP contribution in [0.2, 0.25) is 0 Å². The lowest BCUT2D eigenvalue weighted by molar-refractivity contribution is -0.118. The number of carbonyl (C=O) groups excluding carboxylic acids is 1. The molecular formula is C9H12N6O. The third-order valence-electron chi connectivity index (χ3n) is 2.17. The van der Waals surface area contributed by atoms with Gasteiger partial charge in [-0.25, -0.2) is 4.98 Å². The van der Waals surface area contributed by atoms with E-state index in [0.29, 0.717) is 11.6 Å². The molecule has 2 rings (SSSR count). The number of rotatable bonds is 3. The molecule has 0 saturated carbocycles. The summed E-state index contributed by atoms with van der Waals surface area (Å²) in [6.45, 7) is 3.52. The number of amides is 1. The summed E-state index contributed by atoms with van der Waals surface area (Å²) in [6.07, 6.45) is 1.40. The number of primary amides is 1. The van der Waals surface area contributed by atoms with Gasteiger partial charge in [-0.2, -0.15) is 14.6 Å². The first-order valence-electron chi connectivity index (χ1n) is 4.81. The van der Waals surface area contributed by atoms with Gasteiger partial charge in [0, 0.05) is 11.8 Å². The van der Waals surface area contributed by atoms with Gasteiger partial charge in [-0.15, -0.1) is 0 Å². The van der Waals surface area contributed by atoms with Gasteiger partial charge in [0.1, 0.15) is 18.2 Å². The highest BCUT2D eigenvalue weighted by molar-refractivity contribution is 5.82. The van der Waals surface area contributed by atoms with Crippen molar-refractivity contribution in [2.24, 2.45) is 5.73 Å². The fourth-order valence-electron chi connectivity index (χ4n) is 1.33. The molecule has 0 aliphatic carbocycles. The van der Waals surface area contributed by atoms with Crippen molar-refractivity contribution in [1.82, 2.24) is 19.6 Å². The van der Waals surface area contributed by atoms with E-state index >= 15 is 0 Å². The molecule has 0 radical (unpaired) electrons. The zero-order chi connectivity index (χ0) is 11.7. The molecule has 0 aliphatic heterocycles. The summed E-state index contributed by atoms with van der Waals surface area (Å²) in [4.78, 5) is 19.1. The first-order valence-corrected chi connectivity index (χ1v) is 4.81. The standard InChI is InChI=1S/C9H12N6O/c1-5-3-7(14-6(2)8(10)16)15-9(13-5)11-4-12-15/h3-4,6,14H,1-2H3,(H2,10,16). The van der Waals surface area contributed by atoms with Crippen LogP contribution in [0.5, 0.6) is 0 Å². The summed E-state index contributed by atoms with van der Waals surface area (Å²) >= 11 is 0. The molecule has 84 valence electrons. The molecule has 3 N–H and O–H groups in total. The second-order valence-electron chi connectivity index (χ2n) is 3.52. The van der Waals surface area contributed by atoms with E-state index in [1.807, 2.05) is 6.92 Å². The number of anilines is 1. The molecule has 0 bridgehead atoms. The van der Waals surface area contributed by atoms with Crippen molar-refractivity contribution in [3.05, 3.63) is 18.1 Å². The summed E-state index contributed by atoms with van der Waals surface area (Å²) in [7, 11) is 0. The van der Waals surface area contributed by atoms with Gasteiger partial charge in [0.2, 0.25) is 5.91 Å². The molecule has 0 aromatic carbocycles. The number of carbonyl (C=O) groups is 1. The Labute approximate surface area is 91.7 Å². The van der Waals surface area contributed by atoms with Crippen molar-refractivity contribution in [2.75, 3.05) is 5.32 Å². The maximum atomic E-state index is 11.0. The number of aryl methyl sites for hydroxylation is 1. The number of fused-ring (bicyclic) bond motifs is 1. The third kappa shape index (κ3) is 1.79. The SMILES string of the molecule is Cc1cc(NC(C)C(N)=O)n2ncnc2n1. The second kappa shape index (κ2) is 3.76. The molecule has 2 heterocycles. The molecule has 0 aliphatic rings. The van der Waals surface area contributed by atoms with E-state index in [-0.39, 0.29) is 0 Å². The third-order valence-corrected chi connectivity index (χ3v) is 2.17. The topological polar surface area (TPSA) is 98.2 Å². The molecule has 2 aromatic heterocycles. The maximum Gasteiger partial charge on any atom is 0.254 e. The zero-order valence-corrected chi connectivity index (χ0v) is 9.01. The minimum absolute atomic E-state index is 0.428. The number of nitrogens with zero attached hydrogens (tertiary/aromatic N) is 4. The molecule has 0 fully saturated rings. The van der Waals surface area contributed by atoms with E-state index in [2.05, 4.69) is 20.4 Å². The average molecular weight is 220 g/mol. The Morgan fingerprint density at radius 3 is 3.06 bits per heavy atom. The normalized spacial score (nSPS) is 12.6. The van der Waals surface area contributed by atoms with Crippen LogP contribution in [0.3, 0.4) is 0 Å². The van der Waals surface area contributed by atoms with Crippen molar-refractivity contribution < 1.29 is 4.79 Å². The molecule has 0 spiro atoms. The van der Waals surface area contributed by atoms with Crippen LogP contribution in [-0.2, 0) is 4.79 Å². The van der Waals surface area contributed by atoms with Gasteiger partial charge >= 0.3 is 0 Å². The highest BCUT2D eigenvalue weighted by atomic mass is 16.1. The van der Waals surface area contributed by atoms with Crippen molar-refractivity contribution in [1.29, 1.82) is 0 Å². The summed E-state index contributed by atoms with van der Waals surface area (Å²) in [5.41, 5.74) is 5.97. The van der Waals surface area contributed by atoms with Crippen molar-refractivity contribution in [3.8, 4) is 0 Å². The summed E-state index contributed by atoms with van der Waals surface area (Å²) < 4.78 is 1.52. The molecule has 1 unspecified atom stereocenters. The Balaban J connectivity index is 2.42. The largest absolute Gasteiger partial charge is 0.368 e. The molecule has 7 heteroatoms. The van der Waals surface area contributed by atoms with Gasteiger partial charge in [-0.3, -0.25) is 4.79 Å². The highest BCUT2D eigenvalue weighted by Crippen LogP contribution is 2.10. The number of aromatic nitrogens is 4. The first kappa shape index (κ1) is 10.3. The smallest absolute Gasteiger partial charge is 0.254 e. The van der Waals surface area contributed by atoms with Crippen molar-refractivity contribution >= 4 is 17.5 Å². The van der Waals surface area contributed by atoms with Gasteiger partial charge in [0.15, 0.2) is 0 Å². The monoisotopic (exact) mass is 220 g/mol. The molecule has 1 atom stereocenters. The molecule has 2 aromatic rings. The Morgan fingerprint density at radius 2 is 2.38 bits per heavy atom.